The van der Waals surface area contributed by atoms with Gasteiger partial charge in [-0.25, -0.2) is 4.79 Å². The zero-order valence-electron chi connectivity index (χ0n) is 9.14. The Bertz CT molecular complexity index is 370. The highest BCUT2D eigenvalue weighted by Crippen LogP contribution is 2.34. The van der Waals surface area contributed by atoms with Gasteiger partial charge in [-0.2, -0.15) is 0 Å². The molecular formula is C12H15NO3. The highest BCUT2D eigenvalue weighted by Gasteiger charge is 2.36. The minimum absolute atomic E-state index is 0.277. The van der Waals surface area contributed by atoms with E-state index in [2.05, 4.69) is 5.32 Å². The van der Waals surface area contributed by atoms with E-state index < -0.39 is 12.0 Å². The molecule has 4 nitrogen and oxygen atoms in total. The first-order valence-electron chi connectivity index (χ1n) is 5.34. The van der Waals surface area contributed by atoms with Crippen LogP contribution in [0.1, 0.15) is 12.8 Å². The number of benzene rings is 1. The average molecular weight is 221 g/mol. The number of hydrogen-bond donors (Lipinski definition) is 2. The third-order valence-corrected chi connectivity index (χ3v) is 2.77. The average Bonchev–Trinajstić information content (AvgIpc) is 3.10. The van der Waals surface area contributed by atoms with Crippen LogP contribution >= 0.6 is 0 Å². The Morgan fingerprint density at radius 2 is 2.06 bits per heavy atom. The summed E-state index contributed by atoms with van der Waals surface area (Å²) in [4.78, 5) is 11.0. The van der Waals surface area contributed by atoms with Gasteiger partial charge in [0.25, 0.3) is 0 Å². The first-order chi connectivity index (χ1) is 7.70. The lowest BCUT2D eigenvalue weighted by atomic mass is 10.1. The predicted octanol–water partition coefficient (Wildman–Crippen LogP) is 1.97. The molecule has 2 N–H and O–H groups in total. The molecule has 0 bridgehead atoms. The molecule has 0 saturated heterocycles. The molecule has 86 valence electrons. The van der Waals surface area contributed by atoms with E-state index in [1.54, 1.807) is 7.11 Å². The molecule has 0 aliphatic heterocycles. The first kappa shape index (κ1) is 10.8. The number of hydrogen-bond acceptors (Lipinski definition) is 3. The van der Waals surface area contributed by atoms with Gasteiger partial charge in [-0.15, -0.1) is 0 Å². The van der Waals surface area contributed by atoms with Crippen molar-refractivity contribution in [3.05, 3.63) is 24.3 Å². The van der Waals surface area contributed by atoms with Crippen molar-refractivity contribution in [1.29, 1.82) is 0 Å². The molecule has 4 heteroatoms. The fraction of sp³-hybridized carbons (Fsp3) is 0.417. The monoisotopic (exact) mass is 221 g/mol. The number of anilines is 1. The smallest absolute Gasteiger partial charge is 0.326 e. The van der Waals surface area contributed by atoms with Crippen LogP contribution in [-0.2, 0) is 4.79 Å². The number of carbonyl (C=O) groups is 1. The summed E-state index contributed by atoms with van der Waals surface area (Å²) >= 11 is 0. The van der Waals surface area contributed by atoms with Crippen LogP contribution in [0.3, 0.4) is 0 Å². The summed E-state index contributed by atoms with van der Waals surface area (Å²) in [5, 5.41) is 12.1. The number of ether oxygens (including phenoxy) is 1. The molecule has 1 unspecified atom stereocenters. The third-order valence-electron chi connectivity index (χ3n) is 2.77. The Hall–Kier alpha value is -1.71. The topological polar surface area (TPSA) is 58.6 Å². The van der Waals surface area contributed by atoms with Crippen LogP contribution in [0, 0.1) is 5.92 Å². The Balaban J connectivity index is 2.03. The maximum absolute atomic E-state index is 11.0. The van der Waals surface area contributed by atoms with Gasteiger partial charge in [-0.3, -0.25) is 0 Å². The second-order valence-corrected chi connectivity index (χ2v) is 4.03. The molecule has 0 spiro atoms. The van der Waals surface area contributed by atoms with Crippen molar-refractivity contribution in [2.75, 3.05) is 12.4 Å². The summed E-state index contributed by atoms with van der Waals surface area (Å²) in [6, 6.07) is 6.82. The Morgan fingerprint density at radius 1 is 1.44 bits per heavy atom. The molecule has 0 amide bonds. The Labute approximate surface area is 94.2 Å². The van der Waals surface area contributed by atoms with E-state index in [9.17, 15) is 4.79 Å². The Kier molecular flexibility index (Phi) is 2.99. The normalized spacial score (nSPS) is 16.6. The summed E-state index contributed by atoms with van der Waals surface area (Å²) in [7, 11) is 1.60. The van der Waals surface area contributed by atoms with Gasteiger partial charge in [0.15, 0.2) is 0 Å². The highest BCUT2D eigenvalue weighted by atomic mass is 16.5. The molecule has 16 heavy (non-hydrogen) atoms. The van der Waals surface area contributed by atoms with Crippen molar-refractivity contribution in [1.82, 2.24) is 0 Å². The van der Waals surface area contributed by atoms with Crippen LogP contribution in [-0.4, -0.2) is 24.2 Å². The number of methoxy groups -OCH3 is 1. The van der Waals surface area contributed by atoms with Crippen molar-refractivity contribution < 1.29 is 14.6 Å². The second-order valence-electron chi connectivity index (χ2n) is 4.03. The standard InChI is InChI=1S/C12H15NO3/c1-16-10-6-4-9(5-7-10)13-11(12(14)15)8-2-3-8/h4-8,11,13H,2-3H2,1H3,(H,14,15). The molecule has 1 fully saturated rings. The summed E-state index contributed by atoms with van der Waals surface area (Å²) in [6.45, 7) is 0. The van der Waals surface area contributed by atoms with Gasteiger partial charge in [0.1, 0.15) is 11.8 Å². The quantitative estimate of drug-likeness (QED) is 0.798. The number of rotatable bonds is 5. The molecule has 1 aromatic rings. The summed E-state index contributed by atoms with van der Waals surface area (Å²) in [5.41, 5.74) is 0.820. The third kappa shape index (κ3) is 2.45. The molecule has 0 aromatic heterocycles. The van der Waals surface area contributed by atoms with Crippen LogP contribution in [0.5, 0.6) is 5.75 Å². The zero-order chi connectivity index (χ0) is 11.5. The molecular weight excluding hydrogens is 206 g/mol. The fourth-order valence-corrected chi connectivity index (χ4v) is 1.68. The minimum Gasteiger partial charge on any atom is -0.497 e. The predicted molar refractivity (Wildman–Crippen MR) is 60.8 cm³/mol. The number of carboxylic acids is 1. The molecule has 1 aromatic carbocycles. The van der Waals surface area contributed by atoms with Gasteiger partial charge in [0.2, 0.25) is 0 Å². The lowest BCUT2D eigenvalue weighted by Gasteiger charge is -2.15. The van der Waals surface area contributed by atoms with Crippen LogP contribution in [0.2, 0.25) is 0 Å². The maximum atomic E-state index is 11.0. The van der Waals surface area contributed by atoms with Crippen molar-refractivity contribution in [3.8, 4) is 5.75 Å². The van der Waals surface area contributed by atoms with Crippen molar-refractivity contribution in [2.24, 2.45) is 5.92 Å². The summed E-state index contributed by atoms with van der Waals surface area (Å²) < 4.78 is 5.04. The van der Waals surface area contributed by atoms with Crippen LogP contribution in [0.15, 0.2) is 24.3 Å². The number of aliphatic carboxylic acids is 1. The van der Waals surface area contributed by atoms with Crippen molar-refractivity contribution >= 4 is 11.7 Å². The summed E-state index contributed by atoms with van der Waals surface area (Å²) in [5.74, 6) is 0.266. The molecule has 1 saturated carbocycles. The number of nitrogens with one attached hydrogen (secondary N) is 1. The molecule has 2 rings (SSSR count). The van der Waals surface area contributed by atoms with Crippen LogP contribution in [0.4, 0.5) is 5.69 Å². The molecule has 1 aliphatic carbocycles. The Morgan fingerprint density at radius 3 is 2.50 bits per heavy atom. The van der Waals surface area contributed by atoms with E-state index >= 15 is 0 Å². The van der Waals surface area contributed by atoms with E-state index in [0.29, 0.717) is 0 Å². The summed E-state index contributed by atoms with van der Waals surface area (Å²) in [6.07, 6.45) is 2.00. The minimum atomic E-state index is -0.779. The lowest BCUT2D eigenvalue weighted by Crippen LogP contribution is -2.31. The van der Waals surface area contributed by atoms with Crippen molar-refractivity contribution in [3.63, 3.8) is 0 Å². The molecule has 1 atom stereocenters. The highest BCUT2D eigenvalue weighted by molar-refractivity contribution is 5.78. The maximum Gasteiger partial charge on any atom is 0.326 e. The van der Waals surface area contributed by atoms with E-state index in [4.69, 9.17) is 9.84 Å². The molecule has 0 radical (unpaired) electrons. The largest absolute Gasteiger partial charge is 0.497 e. The van der Waals surface area contributed by atoms with Gasteiger partial charge >= 0.3 is 5.97 Å². The van der Waals surface area contributed by atoms with E-state index in [1.165, 1.54) is 0 Å². The van der Waals surface area contributed by atoms with E-state index in [0.717, 1.165) is 24.3 Å². The first-order valence-corrected chi connectivity index (χ1v) is 5.34. The van der Waals surface area contributed by atoms with Crippen molar-refractivity contribution in [2.45, 2.75) is 18.9 Å². The SMILES string of the molecule is COc1ccc(NC(C(=O)O)C2CC2)cc1. The molecule has 0 heterocycles. The van der Waals surface area contributed by atoms with Gasteiger partial charge in [-0.05, 0) is 43.0 Å². The van der Waals surface area contributed by atoms with Crippen LogP contribution < -0.4 is 10.1 Å². The van der Waals surface area contributed by atoms with Gasteiger partial charge < -0.3 is 15.2 Å². The van der Waals surface area contributed by atoms with Gasteiger partial charge in [0, 0.05) is 5.69 Å². The second kappa shape index (κ2) is 4.43. The fourth-order valence-electron chi connectivity index (χ4n) is 1.68. The lowest BCUT2D eigenvalue weighted by molar-refractivity contribution is -0.138. The zero-order valence-corrected chi connectivity index (χ0v) is 9.14. The van der Waals surface area contributed by atoms with E-state index in [1.807, 2.05) is 24.3 Å². The van der Waals surface area contributed by atoms with Gasteiger partial charge in [-0.1, -0.05) is 0 Å². The molecule has 1 aliphatic rings. The van der Waals surface area contributed by atoms with Gasteiger partial charge in [0.05, 0.1) is 7.11 Å². The number of carboxylic acid groups (broad SMARTS) is 1. The van der Waals surface area contributed by atoms with Crippen LogP contribution in [0.25, 0.3) is 0 Å². The van der Waals surface area contributed by atoms with E-state index in [-0.39, 0.29) is 5.92 Å².